The molecule has 0 aliphatic heterocycles. The molecule has 0 bridgehead atoms. The molecular weight excluding hydrogens is 376 g/mol. The lowest BCUT2D eigenvalue weighted by Crippen LogP contribution is -2.56. The van der Waals surface area contributed by atoms with Crippen LogP contribution in [0.4, 0.5) is 0 Å². The molecule has 0 amide bonds. The van der Waals surface area contributed by atoms with Gasteiger partial charge in [0.05, 0.1) is 11.2 Å². The number of aliphatic hydroxyl groups is 2. The Bertz CT molecular complexity index is 520. The lowest BCUT2D eigenvalue weighted by molar-refractivity contribution is -0.155. The topological polar surface area (TPSA) is 40.5 Å². The minimum absolute atomic E-state index is 0.106. The first-order valence-corrected chi connectivity index (χ1v) is 11.8. The highest BCUT2D eigenvalue weighted by Crippen LogP contribution is 2.67. The second-order valence-electron chi connectivity index (χ2n) is 10.6. The van der Waals surface area contributed by atoms with Crippen molar-refractivity contribution in [2.45, 2.75) is 89.8 Å². The van der Waals surface area contributed by atoms with Crippen molar-refractivity contribution in [2.24, 2.45) is 40.9 Å². The van der Waals surface area contributed by atoms with Crippen LogP contribution in [0.5, 0.6) is 0 Å². The lowest BCUT2D eigenvalue weighted by Gasteiger charge is -2.58. The smallest absolute Gasteiger partial charge is 0.0737 e. The summed E-state index contributed by atoms with van der Waals surface area (Å²) in [4.78, 5) is 0. The van der Waals surface area contributed by atoms with E-state index in [1.807, 2.05) is 6.92 Å². The third-order valence-corrected chi connectivity index (χ3v) is 10.5. The van der Waals surface area contributed by atoms with Crippen molar-refractivity contribution >= 4 is 15.9 Å². The van der Waals surface area contributed by atoms with Crippen LogP contribution in [0.25, 0.3) is 0 Å². The van der Waals surface area contributed by atoms with Gasteiger partial charge in [0.25, 0.3) is 0 Å². The van der Waals surface area contributed by atoms with Crippen LogP contribution in [-0.2, 0) is 0 Å². The Morgan fingerprint density at radius 1 is 0.920 bits per heavy atom. The number of fused-ring (bicyclic) bond motifs is 5. The Hall–Kier alpha value is 0.400. The van der Waals surface area contributed by atoms with Gasteiger partial charge in [0, 0.05) is 5.33 Å². The van der Waals surface area contributed by atoms with Crippen LogP contribution in [0.3, 0.4) is 0 Å². The Balaban J connectivity index is 1.57. The molecular formula is C22H37BrO2. The van der Waals surface area contributed by atoms with E-state index in [4.69, 9.17) is 0 Å². The summed E-state index contributed by atoms with van der Waals surface area (Å²) in [6.07, 6.45) is 10.6. The molecule has 0 aromatic heterocycles. The number of rotatable bonds is 2. The largest absolute Gasteiger partial charge is 0.390 e. The molecule has 9 atom stereocenters. The zero-order valence-electron chi connectivity index (χ0n) is 16.3. The van der Waals surface area contributed by atoms with Gasteiger partial charge in [-0.25, -0.2) is 0 Å². The number of alkyl halides is 1. The zero-order chi connectivity index (χ0) is 18.0. The molecule has 2 N–H and O–H groups in total. The number of hydrogen-bond acceptors (Lipinski definition) is 2. The summed E-state index contributed by atoms with van der Waals surface area (Å²) in [5.41, 5.74) is -0.802. The fraction of sp³-hybridized carbons (Fsp3) is 1.00. The predicted octanol–water partition coefficient (Wildman–Crippen LogP) is 5.15. The first-order valence-electron chi connectivity index (χ1n) is 10.7. The third kappa shape index (κ3) is 2.70. The first-order chi connectivity index (χ1) is 11.7. The van der Waals surface area contributed by atoms with Crippen molar-refractivity contribution in [3.63, 3.8) is 0 Å². The van der Waals surface area contributed by atoms with Gasteiger partial charge in [-0.15, -0.1) is 0 Å². The molecule has 4 aliphatic carbocycles. The quantitative estimate of drug-likeness (QED) is 0.615. The van der Waals surface area contributed by atoms with E-state index < -0.39 is 11.2 Å². The average molecular weight is 413 g/mol. The molecule has 4 saturated carbocycles. The van der Waals surface area contributed by atoms with Crippen molar-refractivity contribution < 1.29 is 10.2 Å². The molecule has 25 heavy (non-hydrogen) atoms. The number of halogens is 1. The summed E-state index contributed by atoms with van der Waals surface area (Å²) in [7, 11) is 0. The fourth-order valence-electron chi connectivity index (χ4n) is 8.07. The van der Waals surface area contributed by atoms with Crippen LogP contribution in [-0.4, -0.2) is 26.7 Å². The Morgan fingerprint density at radius 2 is 1.64 bits per heavy atom. The monoisotopic (exact) mass is 412 g/mol. The maximum Gasteiger partial charge on any atom is 0.0737 e. The molecule has 0 aromatic rings. The van der Waals surface area contributed by atoms with Gasteiger partial charge in [0.2, 0.25) is 0 Å². The zero-order valence-corrected chi connectivity index (χ0v) is 17.9. The van der Waals surface area contributed by atoms with Crippen molar-refractivity contribution in [1.82, 2.24) is 0 Å². The maximum absolute atomic E-state index is 11.6. The van der Waals surface area contributed by atoms with Crippen LogP contribution in [0.15, 0.2) is 0 Å². The molecule has 0 radical (unpaired) electrons. The van der Waals surface area contributed by atoms with Gasteiger partial charge < -0.3 is 10.2 Å². The van der Waals surface area contributed by atoms with E-state index in [2.05, 4.69) is 29.8 Å². The van der Waals surface area contributed by atoms with Crippen LogP contribution >= 0.6 is 15.9 Å². The maximum atomic E-state index is 11.6. The van der Waals surface area contributed by atoms with Crippen molar-refractivity contribution in [2.75, 3.05) is 5.33 Å². The second kappa shape index (κ2) is 6.21. The molecule has 144 valence electrons. The van der Waals surface area contributed by atoms with Gasteiger partial charge >= 0.3 is 0 Å². The molecule has 0 aromatic carbocycles. The Labute approximate surface area is 162 Å². The van der Waals surface area contributed by atoms with Crippen LogP contribution < -0.4 is 0 Å². The summed E-state index contributed by atoms with van der Waals surface area (Å²) < 4.78 is 0. The molecule has 0 heterocycles. The van der Waals surface area contributed by atoms with Crippen LogP contribution in [0.1, 0.15) is 78.6 Å². The van der Waals surface area contributed by atoms with Gasteiger partial charge in [-0.3, -0.25) is 0 Å². The van der Waals surface area contributed by atoms with Gasteiger partial charge in [-0.2, -0.15) is 0 Å². The van der Waals surface area contributed by atoms with E-state index in [9.17, 15) is 10.2 Å². The molecule has 0 spiro atoms. The second-order valence-corrected chi connectivity index (χ2v) is 11.3. The molecule has 4 fully saturated rings. The van der Waals surface area contributed by atoms with Gasteiger partial charge in [-0.05, 0) is 106 Å². The molecule has 4 aliphatic rings. The van der Waals surface area contributed by atoms with E-state index in [1.165, 1.54) is 38.5 Å². The van der Waals surface area contributed by atoms with E-state index >= 15 is 0 Å². The summed E-state index contributed by atoms with van der Waals surface area (Å²) >= 11 is 3.64. The van der Waals surface area contributed by atoms with E-state index in [-0.39, 0.29) is 5.41 Å². The van der Waals surface area contributed by atoms with Crippen molar-refractivity contribution in [1.29, 1.82) is 0 Å². The van der Waals surface area contributed by atoms with E-state index in [1.54, 1.807) is 0 Å². The van der Waals surface area contributed by atoms with E-state index in [0.717, 1.165) is 48.3 Å². The summed E-state index contributed by atoms with van der Waals surface area (Å²) in [6.45, 7) is 6.69. The Morgan fingerprint density at radius 3 is 2.36 bits per heavy atom. The van der Waals surface area contributed by atoms with Crippen molar-refractivity contribution in [3.05, 3.63) is 0 Å². The predicted molar refractivity (Wildman–Crippen MR) is 106 cm³/mol. The summed E-state index contributed by atoms with van der Waals surface area (Å²) in [5.74, 6) is 4.30. The summed E-state index contributed by atoms with van der Waals surface area (Å²) in [6, 6.07) is 0. The van der Waals surface area contributed by atoms with Crippen LogP contribution in [0.2, 0.25) is 0 Å². The standard InChI is InChI=1S/C22H37BrO2/c1-14(13-23)22(25)11-8-19-18-5-4-15-12-20(2,24)9-6-16(15)17(18)7-10-21(19,22)3/h14-19,24-25H,4-13H2,1-3H3/t14?,15?,16?,17-,18?,19+,20-,21?,22+/m1/s1. The van der Waals surface area contributed by atoms with E-state index in [0.29, 0.717) is 11.8 Å². The average Bonchev–Trinajstić information content (AvgIpc) is 2.85. The van der Waals surface area contributed by atoms with Gasteiger partial charge in [0.1, 0.15) is 0 Å². The minimum atomic E-state index is -0.487. The normalized spacial score (nSPS) is 56.6. The van der Waals surface area contributed by atoms with Gasteiger partial charge in [-0.1, -0.05) is 29.8 Å². The molecule has 3 heteroatoms. The molecule has 0 saturated heterocycles. The Kier molecular flexibility index (Phi) is 4.65. The summed E-state index contributed by atoms with van der Waals surface area (Å²) in [5, 5.41) is 23.1. The van der Waals surface area contributed by atoms with Crippen molar-refractivity contribution in [3.8, 4) is 0 Å². The molecule has 2 nitrogen and oxygen atoms in total. The highest BCUT2D eigenvalue weighted by atomic mass is 79.9. The third-order valence-electron chi connectivity index (χ3n) is 9.50. The molecule has 4 rings (SSSR count). The lowest BCUT2D eigenvalue weighted by atomic mass is 9.48. The molecule has 5 unspecified atom stereocenters. The SMILES string of the molecule is CC(CBr)[C@@]1(O)CC[C@H]2C3CCC4C[C@](C)(O)CCC4[C@H]3CCC21C. The minimum Gasteiger partial charge on any atom is -0.390 e. The first kappa shape index (κ1) is 18.7. The number of hydrogen-bond donors (Lipinski definition) is 2. The van der Waals surface area contributed by atoms with Crippen LogP contribution in [0, 0.1) is 40.9 Å². The van der Waals surface area contributed by atoms with Gasteiger partial charge in [0.15, 0.2) is 0 Å². The highest BCUT2D eigenvalue weighted by molar-refractivity contribution is 9.09. The highest BCUT2D eigenvalue weighted by Gasteiger charge is 2.64. The fourth-order valence-corrected chi connectivity index (χ4v) is 8.61.